The maximum absolute atomic E-state index is 12.1. The molecule has 1 saturated heterocycles. The molecule has 0 saturated carbocycles. The summed E-state index contributed by atoms with van der Waals surface area (Å²) in [6.07, 6.45) is 0.438. The number of halogens is 2. The van der Waals surface area contributed by atoms with Gasteiger partial charge in [-0.25, -0.2) is 4.79 Å². The third-order valence-corrected chi connectivity index (χ3v) is 5.37. The Balaban J connectivity index is 2.20. The lowest BCUT2D eigenvalue weighted by atomic mass is 9.98. The molecule has 102 valence electrons. The van der Waals surface area contributed by atoms with Gasteiger partial charge in [-0.3, -0.25) is 4.79 Å². The van der Waals surface area contributed by atoms with Crippen LogP contribution < -0.4 is 5.32 Å². The van der Waals surface area contributed by atoms with Crippen molar-refractivity contribution in [1.29, 1.82) is 0 Å². The molecule has 1 aromatic carbocycles. The summed E-state index contributed by atoms with van der Waals surface area (Å²) >= 11 is 10.6. The number of carboxylic acids is 1. The van der Waals surface area contributed by atoms with Crippen molar-refractivity contribution < 1.29 is 14.7 Å². The van der Waals surface area contributed by atoms with Gasteiger partial charge in [-0.1, -0.05) is 11.6 Å². The van der Waals surface area contributed by atoms with E-state index in [1.54, 1.807) is 18.2 Å². The number of carboxylic acid groups (broad SMARTS) is 1. The first-order valence-electron chi connectivity index (χ1n) is 5.53. The zero-order valence-electron chi connectivity index (χ0n) is 9.78. The molecule has 1 aromatic rings. The summed E-state index contributed by atoms with van der Waals surface area (Å²) in [5, 5.41) is 12.4. The van der Waals surface area contributed by atoms with Crippen molar-refractivity contribution in [1.82, 2.24) is 5.32 Å². The van der Waals surface area contributed by atoms with Crippen LogP contribution in [0.4, 0.5) is 0 Å². The van der Waals surface area contributed by atoms with Crippen LogP contribution in [-0.2, 0) is 4.79 Å². The summed E-state index contributed by atoms with van der Waals surface area (Å²) in [5.41, 5.74) is -0.776. The number of nitrogens with one attached hydrogen (secondary N) is 1. The number of carbonyl (C=O) groups is 2. The molecule has 2 rings (SSSR count). The number of amides is 1. The lowest BCUT2D eigenvalue weighted by molar-refractivity contribution is -0.143. The molecule has 2 N–H and O–H groups in total. The Morgan fingerprint density at radius 2 is 2.21 bits per heavy atom. The van der Waals surface area contributed by atoms with Crippen LogP contribution in [0.25, 0.3) is 0 Å². The Kier molecular flexibility index (Phi) is 4.43. The highest BCUT2D eigenvalue weighted by atomic mass is 79.9. The maximum Gasteiger partial charge on any atom is 0.330 e. The third-order valence-electron chi connectivity index (χ3n) is 2.97. The number of thioether (sulfide) groups is 1. The van der Waals surface area contributed by atoms with E-state index in [0.29, 0.717) is 27.2 Å². The van der Waals surface area contributed by atoms with Gasteiger partial charge in [-0.05, 0) is 46.3 Å². The fourth-order valence-corrected chi connectivity index (χ4v) is 3.63. The lowest BCUT2D eigenvalue weighted by Crippen LogP contribution is -2.54. The molecule has 4 nitrogen and oxygen atoms in total. The molecule has 1 heterocycles. The molecule has 1 aliphatic heterocycles. The van der Waals surface area contributed by atoms with Crippen molar-refractivity contribution in [2.75, 3.05) is 11.5 Å². The SMILES string of the molecule is O=C(NC1(C(=O)O)CCSC1)c1ccc(Cl)c(Br)c1. The summed E-state index contributed by atoms with van der Waals surface area (Å²) in [6.45, 7) is 0. The first-order chi connectivity index (χ1) is 8.94. The second-order valence-electron chi connectivity index (χ2n) is 4.27. The number of rotatable bonds is 3. The van der Waals surface area contributed by atoms with Crippen LogP contribution in [0.3, 0.4) is 0 Å². The standard InChI is InChI=1S/C12H11BrClNO3S/c13-8-5-7(1-2-9(8)14)10(16)15-12(11(17)18)3-4-19-6-12/h1-2,5H,3-4,6H2,(H,15,16)(H,17,18). The molecule has 0 bridgehead atoms. The highest BCUT2D eigenvalue weighted by molar-refractivity contribution is 9.10. The Morgan fingerprint density at radius 3 is 2.74 bits per heavy atom. The van der Waals surface area contributed by atoms with Gasteiger partial charge < -0.3 is 10.4 Å². The van der Waals surface area contributed by atoms with Crippen molar-refractivity contribution >= 4 is 51.2 Å². The van der Waals surface area contributed by atoms with Crippen LogP contribution in [0.1, 0.15) is 16.8 Å². The van der Waals surface area contributed by atoms with Crippen molar-refractivity contribution in [3.63, 3.8) is 0 Å². The average Bonchev–Trinajstić information content (AvgIpc) is 2.82. The fraction of sp³-hybridized carbons (Fsp3) is 0.333. The third kappa shape index (κ3) is 3.07. The van der Waals surface area contributed by atoms with Crippen molar-refractivity contribution in [2.24, 2.45) is 0 Å². The first kappa shape index (κ1) is 14.7. The van der Waals surface area contributed by atoms with E-state index in [9.17, 15) is 14.7 Å². The largest absolute Gasteiger partial charge is 0.479 e. The zero-order valence-corrected chi connectivity index (χ0v) is 12.9. The topological polar surface area (TPSA) is 66.4 Å². The van der Waals surface area contributed by atoms with E-state index in [-0.39, 0.29) is 0 Å². The number of benzene rings is 1. The molecular weight excluding hydrogens is 354 g/mol. The maximum atomic E-state index is 12.1. The van der Waals surface area contributed by atoms with Gasteiger partial charge in [-0.2, -0.15) is 11.8 Å². The molecule has 0 aliphatic carbocycles. The molecule has 1 aliphatic rings. The molecule has 1 fully saturated rings. The molecule has 1 unspecified atom stereocenters. The Morgan fingerprint density at radius 1 is 1.47 bits per heavy atom. The molecule has 0 radical (unpaired) electrons. The number of hydrogen-bond donors (Lipinski definition) is 2. The summed E-state index contributed by atoms with van der Waals surface area (Å²) in [7, 11) is 0. The van der Waals surface area contributed by atoms with Crippen LogP contribution in [0.5, 0.6) is 0 Å². The monoisotopic (exact) mass is 363 g/mol. The second-order valence-corrected chi connectivity index (χ2v) is 6.64. The molecule has 1 amide bonds. The van der Waals surface area contributed by atoms with Crippen LogP contribution in [0.2, 0.25) is 5.02 Å². The minimum Gasteiger partial charge on any atom is -0.479 e. The molecule has 7 heteroatoms. The number of carbonyl (C=O) groups excluding carboxylic acids is 1. The highest BCUT2D eigenvalue weighted by Crippen LogP contribution is 2.29. The average molecular weight is 365 g/mol. The molecule has 1 atom stereocenters. The number of hydrogen-bond acceptors (Lipinski definition) is 3. The van der Waals surface area contributed by atoms with E-state index in [4.69, 9.17) is 11.6 Å². The minimum absolute atomic E-state index is 0.383. The van der Waals surface area contributed by atoms with E-state index in [1.807, 2.05) is 0 Å². The molecule has 0 spiro atoms. The second kappa shape index (κ2) is 5.73. The Hall–Kier alpha value is -0.720. The van der Waals surface area contributed by atoms with Crippen molar-refractivity contribution in [2.45, 2.75) is 12.0 Å². The predicted octanol–water partition coefficient (Wildman–Crippen LogP) is 2.79. The zero-order chi connectivity index (χ0) is 14.0. The normalized spacial score (nSPS) is 22.2. The van der Waals surface area contributed by atoms with Crippen LogP contribution in [-0.4, -0.2) is 34.0 Å². The smallest absolute Gasteiger partial charge is 0.330 e. The summed E-state index contributed by atoms with van der Waals surface area (Å²) < 4.78 is 0.604. The predicted molar refractivity (Wildman–Crippen MR) is 78.9 cm³/mol. The fourth-order valence-electron chi connectivity index (χ4n) is 1.81. The Labute approximate surface area is 128 Å². The minimum atomic E-state index is -1.16. The molecular formula is C12H11BrClNO3S. The van der Waals surface area contributed by atoms with Gasteiger partial charge in [0.15, 0.2) is 0 Å². The summed E-state index contributed by atoms with van der Waals surface area (Å²) in [5.74, 6) is -0.263. The van der Waals surface area contributed by atoms with Gasteiger partial charge in [0.05, 0.1) is 5.02 Å². The van der Waals surface area contributed by atoms with Gasteiger partial charge in [0, 0.05) is 15.8 Å². The number of aliphatic carboxylic acids is 1. The van der Waals surface area contributed by atoms with E-state index in [2.05, 4.69) is 21.2 Å². The van der Waals surface area contributed by atoms with E-state index in [1.165, 1.54) is 11.8 Å². The van der Waals surface area contributed by atoms with Crippen molar-refractivity contribution in [3.05, 3.63) is 33.3 Å². The van der Waals surface area contributed by atoms with E-state index in [0.717, 1.165) is 5.75 Å². The van der Waals surface area contributed by atoms with Gasteiger partial charge in [0.25, 0.3) is 5.91 Å². The Bertz CT molecular complexity index is 532. The van der Waals surface area contributed by atoms with Gasteiger partial charge in [-0.15, -0.1) is 0 Å². The van der Waals surface area contributed by atoms with Gasteiger partial charge in [0.2, 0.25) is 0 Å². The van der Waals surface area contributed by atoms with E-state index >= 15 is 0 Å². The van der Waals surface area contributed by atoms with E-state index < -0.39 is 17.4 Å². The van der Waals surface area contributed by atoms with Crippen LogP contribution >= 0.6 is 39.3 Å². The molecule has 19 heavy (non-hydrogen) atoms. The van der Waals surface area contributed by atoms with Crippen molar-refractivity contribution in [3.8, 4) is 0 Å². The summed E-state index contributed by atoms with van der Waals surface area (Å²) in [4.78, 5) is 23.5. The highest BCUT2D eigenvalue weighted by Gasteiger charge is 2.43. The van der Waals surface area contributed by atoms with Gasteiger partial charge in [0.1, 0.15) is 5.54 Å². The first-order valence-corrected chi connectivity index (χ1v) is 7.86. The quantitative estimate of drug-likeness (QED) is 0.865. The molecule has 0 aromatic heterocycles. The lowest BCUT2D eigenvalue weighted by Gasteiger charge is -2.24. The van der Waals surface area contributed by atoms with Crippen LogP contribution in [0.15, 0.2) is 22.7 Å². The van der Waals surface area contributed by atoms with Crippen LogP contribution in [0, 0.1) is 0 Å². The summed E-state index contributed by atoms with van der Waals surface area (Å²) in [6, 6.07) is 4.74. The van der Waals surface area contributed by atoms with Gasteiger partial charge >= 0.3 is 5.97 Å².